The highest BCUT2D eigenvalue weighted by Crippen LogP contribution is 2.36. The second kappa shape index (κ2) is 12.0. The summed E-state index contributed by atoms with van der Waals surface area (Å²) < 4.78 is 15.7. The van der Waals surface area contributed by atoms with Crippen LogP contribution in [0.3, 0.4) is 0 Å². The van der Waals surface area contributed by atoms with E-state index < -0.39 is 5.92 Å². The Morgan fingerprint density at radius 2 is 1.87 bits per heavy atom. The quantitative estimate of drug-likeness (QED) is 0.395. The molecule has 0 aromatic heterocycles. The standard InChI is InChI=1S/C24H28ClNO5/c1-5-31-23-20(25)13-19(14-21(23)29-3)11-12-22(27)26(15-17(2)24(28)30-4)16-18-9-7-6-8-10-18/h6-14,17H,5,15-16H2,1-4H3/b12-11+. The SMILES string of the molecule is CCOc1c(Cl)cc(/C=C/C(=O)N(Cc2ccccc2)CC(C)C(=O)OC)cc1OC. The van der Waals surface area contributed by atoms with E-state index >= 15 is 0 Å². The van der Waals surface area contributed by atoms with Gasteiger partial charge in [-0.2, -0.15) is 0 Å². The summed E-state index contributed by atoms with van der Waals surface area (Å²) in [6, 6.07) is 13.1. The first-order valence-electron chi connectivity index (χ1n) is 9.98. The van der Waals surface area contributed by atoms with Crippen molar-refractivity contribution >= 4 is 29.6 Å². The van der Waals surface area contributed by atoms with Crippen LogP contribution in [0.15, 0.2) is 48.5 Å². The predicted molar refractivity (Wildman–Crippen MR) is 121 cm³/mol. The molecule has 0 heterocycles. The van der Waals surface area contributed by atoms with Crippen LogP contribution >= 0.6 is 11.6 Å². The van der Waals surface area contributed by atoms with Gasteiger partial charge in [-0.25, -0.2) is 0 Å². The first-order chi connectivity index (χ1) is 14.9. The van der Waals surface area contributed by atoms with Crippen LogP contribution < -0.4 is 9.47 Å². The molecular formula is C24H28ClNO5. The molecule has 7 heteroatoms. The largest absolute Gasteiger partial charge is 0.493 e. The van der Waals surface area contributed by atoms with Crippen LogP contribution in [0, 0.1) is 5.92 Å². The smallest absolute Gasteiger partial charge is 0.310 e. The van der Waals surface area contributed by atoms with Crippen LogP contribution in [0.1, 0.15) is 25.0 Å². The van der Waals surface area contributed by atoms with Gasteiger partial charge < -0.3 is 19.1 Å². The number of carbonyl (C=O) groups excluding carboxylic acids is 2. The second-order valence-corrected chi connectivity index (χ2v) is 7.34. The van der Waals surface area contributed by atoms with Gasteiger partial charge in [-0.15, -0.1) is 0 Å². The molecule has 31 heavy (non-hydrogen) atoms. The van der Waals surface area contributed by atoms with Gasteiger partial charge >= 0.3 is 5.97 Å². The highest BCUT2D eigenvalue weighted by molar-refractivity contribution is 6.32. The Kier molecular flexibility index (Phi) is 9.40. The highest BCUT2D eigenvalue weighted by atomic mass is 35.5. The summed E-state index contributed by atoms with van der Waals surface area (Å²) in [7, 11) is 2.87. The molecule has 2 aromatic rings. The molecule has 166 valence electrons. The fourth-order valence-corrected chi connectivity index (χ4v) is 3.31. The number of nitrogens with zero attached hydrogens (tertiary/aromatic N) is 1. The van der Waals surface area contributed by atoms with E-state index in [4.69, 9.17) is 25.8 Å². The van der Waals surface area contributed by atoms with Gasteiger partial charge in [0.05, 0.1) is 31.8 Å². The van der Waals surface area contributed by atoms with Crippen molar-refractivity contribution in [3.63, 3.8) is 0 Å². The summed E-state index contributed by atoms with van der Waals surface area (Å²) in [5.74, 6) is -0.0952. The van der Waals surface area contributed by atoms with Crippen LogP contribution in [0.25, 0.3) is 6.08 Å². The Labute approximate surface area is 188 Å². The average molecular weight is 446 g/mol. The number of halogens is 1. The summed E-state index contributed by atoms with van der Waals surface area (Å²) in [5.41, 5.74) is 1.66. The van der Waals surface area contributed by atoms with E-state index in [-0.39, 0.29) is 18.4 Å². The van der Waals surface area contributed by atoms with Gasteiger partial charge in [0.15, 0.2) is 11.5 Å². The number of benzene rings is 2. The Morgan fingerprint density at radius 1 is 1.16 bits per heavy atom. The zero-order chi connectivity index (χ0) is 22.8. The minimum absolute atomic E-state index is 0.233. The van der Waals surface area contributed by atoms with E-state index in [1.807, 2.05) is 37.3 Å². The molecule has 0 spiro atoms. The molecule has 0 saturated carbocycles. The van der Waals surface area contributed by atoms with Gasteiger partial charge in [-0.1, -0.05) is 48.9 Å². The van der Waals surface area contributed by atoms with Crippen LogP contribution in [-0.4, -0.2) is 44.1 Å². The van der Waals surface area contributed by atoms with Crippen LogP contribution in [-0.2, 0) is 20.9 Å². The number of carbonyl (C=O) groups is 2. The van der Waals surface area contributed by atoms with Crippen molar-refractivity contribution in [3.8, 4) is 11.5 Å². The molecule has 1 amide bonds. The van der Waals surface area contributed by atoms with Crippen LogP contribution in [0.2, 0.25) is 5.02 Å². The van der Waals surface area contributed by atoms with Crippen molar-refractivity contribution < 1.29 is 23.8 Å². The number of hydrogen-bond donors (Lipinski definition) is 0. The maximum atomic E-state index is 13.0. The normalized spacial score (nSPS) is 11.8. The minimum Gasteiger partial charge on any atom is -0.493 e. The van der Waals surface area contributed by atoms with E-state index in [1.54, 1.807) is 30.0 Å². The predicted octanol–water partition coefficient (Wildman–Crippen LogP) is 4.60. The Balaban J connectivity index is 2.24. The Bertz CT molecular complexity index is 914. The fraction of sp³-hybridized carbons (Fsp3) is 0.333. The van der Waals surface area contributed by atoms with Crippen LogP contribution in [0.5, 0.6) is 11.5 Å². The lowest BCUT2D eigenvalue weighted by Gasteiger charge is -2.24. The fourth-order valence-electron chi connectivity index (χ4n) is 3.04. The summed E-state index contributed by atoms with van der Waals surface area (Å²) in [4.78, 5) is 26.5. The van der Waals surface area contributed by atoms with Crippen molar-refractivity contribution in [1.82, 2.24) is 4.90 Å². The van der Waals surface area contributed by atoms with E-state index in [0.29, 0.717) is 35.2 Å². The first-order valence-corrected chi connectivity index (χ1v) is 10.4. The molecular weight excluding hydrogens is 418 g/mol. The molecule has 0 radical (unpaired) electrons. The molecule has 0 aliphatic rings. The first kappa shape index (κ1) is 24.3. The number of esters is 1. The number of methoxy groups -OCH3 is 2. The van der Waals surface area contributed by atoms with E-state index in [0.717, 1.165) is 5.56 Å². The summed E-state index contributed by atoms with van der Waals surface area (Å²) in [5, 5.41) is 0.397. The molecule has 2 aromatic carbocycles. The Hall–Kier alpha value is -2.99. The highest BCUT2D eigenvalue weighted by Gasteiger charge is 2.20. The second-order valence-electron chi connectivity index (χ2n) is 6.93. The minimum atomic E-state index is -0.453. The lowest BCUT2D eigenvalue weighted by atomic mass is 10.1. The Morgan fingerprint density at radius 3 is 2.48 bits per heavy atom. The van der Waals surface area contributed by atoms with Gasteiger partial charge in [-0.3, -0.25) is 9.59 Å². The molecule has 0 aliphatic heterocycles. The van der Waals surface area contributed by atoms with Crippen molar-refractivity contribution in [2.75, 3.05) is 27.4 Å². The third-order valence-electron chi connectivity index (χ3n) is 4.58. The van der Waals surface area contributed by atoms with Gasteiger partial charge in [0, 0.05) is 19.2 Å². The third kappa shape index (κ3) is 7.03. The molecule has 1 atom stereocenters. The zero-order valence-corrected chi connectivity index (χ0v) is 19.0. The van der Waals surface area contributed by atoms with Crippen molar-refractivity contribution in [1.29, 1.82) is 0 Å². The number of ether oxygens (including phenoxy) is 3. The maximum absolute atomic E-state index is 13.0. The number of hydrogen-bond acceptors (Lipinski definition) is 5. The van der Waals surface area contributed by atoms with Crippen LogP contribution in [0.4, 0.5) is 0 Å². The summed E-state index contributed by atoms with van der Waals surface area (Å²) in [6.07, 6.45) is 3.12. The third-order valence-corrected chi connectivity index (χ3v) is 4.87. The zero-order valence-electron chi connectivity index (χ0n) is 18.3. The number of amides is 1. The topological polar surface area (TPSA) is 65.1 Å². The van der Waals surface area contributed by atoms with Gasteiger partial charge in [-0.05, 0) is 36.3 Å². The monoisotopic (exact) mass is 445 g/mol. The molecule has 6 nitrogen and oxygen atoms in total. The summed E-state index contributed by atoms with van der Waals surface area (Å²) in [6.45, 7) is 4.66. The van der Waals surface area contributed by atoms with Gasteiger partial charge in [0.25, 0.3) is 0 Å². The van der Waals surface area contributed by atoms with Crippen molar-refractivity contribution in [3.05, 3.63) is 64.7 Å². The average Bonchev–Trinajstić information content (AvgIpc) is 2.78. The van der Waals surface area contributed by atoms with Crippen molar-refractivity contribution in [2.45, 2.75) is 20.4 Å². The molecule has 0 bridgehead atoms. The number of rotatable bonds is 10. The van der Waals surface area contributed by atoms with E-state index in [9.17, 15) is 9.59 Å². The molecule has 0 aliphatic carbocycles. The van der Waals surface area contributed by atoms with Gasteiger partial charge in [0.2, 0.25) is 5.91 Å². The molecule has 2 rings (SSSR count). The molecule has 0 N–H and O–H groups in total. The lowest BCUT2D eigenvalue weighted by molar-refractivity contribution is -0.146. The molecule has 0 saturated heterocycles. The molecule has 0 fully saturated rings. The molecule has 1 unspecified atom stereocenters. The van der Waals surface area contributed by atoms with Gasteiger partial charge in [0.1, 0.15) is 0 Å². The summed E-state index contributed by atoms with van der Waals surface area (Å²) >= 11 is 6.31. The van der Waals surface area contributed by atoms with Crippen molar-refractivity contribution in [2.24, 2.45) is 5.92 Å². The van der Waals surface area contributed by atoms with E-state index in [1.165, 1.54) is 20.3 Å². The maximum Gasteiger partial charge on any atom is 0.310 e. The lowest BCUT2D eigenvalue weighted by Crippen LogP contribution is -2.35. The van der Waals surface area contributed by atoms with E-state index in [2.05, 4.69) is 0 Å².